The summed E-state index contributed by atoms with van der Waals surface area (Å²) >= 11 is 0. The normalized spacial score (nSPS) is 42.6. The molecule has 2 N–H and O–H groups in total. The molecule has 6 fully saturated rings. The number of allylic oxidation sites excluding steroid dienone is 3. The molecule has 2 aliphatic heterocycles. The fourth-order valence-electron chi connectivity index (χ4n) is 15.8. The number of sulfonamides is 1. The molecule has 0 aromatic heterocycles. The van der Waals surface area contributed by atoms with E-state index >= 15 is 0 Å². The number of aromatic carboxylic acids is 1. The van der Waals surface area contributed by atoms with Crippen LogP contribution in [0.4, 0.5) is 0 Å². The van der Waals surface area contributed by atoms with Crippen molar-refractivity contribution in [2.24, 2.45) is 56.2 Å². The van der Waals surface area contributed by atoms with Gasteiger partial charge in [0.25, 0.3) is 0 Å². The topological polar surface area (TPSA) is 90.0 Å². The maximum absolute atomic E-state index is 12.1. The van der Waals surface area contributed by atoms with E-state index in [1.807, 2.05) is 12.1 Å². The average Bonchev–Trinajstić information content (AvgIpc) is 3.69. The number of hydrogen-bond acceptors (Lipinski definition) is 5. The number of carboxylic acid groups (broad SMARTS) is 1. The molecule has 54 heavy (non-hydrogen) atoms. The summed E-state index contributed by atoms with van der Waals surface area (Å²) in [6.07, 6.45) is 16.2. The first-order valence-corrected chi connectivity index (χ1v) is 23.1. The third-order valence-electron chi connectivity index (χ3n) is 18.7. The number of benzene rings is 1. The fraction of sp³-hybridized carbons (Fsp3) is 0.761. The molecule has 7 aliphatic rings. The lowest BCUT2D eigenvalue weighted by molar-refractivity contribution is -0.256. The Labute approximate surface area is 326 Å². The molecule has 5 aliphatic carbocycles. The Bertz CT molecular complexity index is 1850. The SMILES string of the molecule is C=C(C)[C@@H]1CC[C@]2(NCCN3CCC4(C3)CN(S(C)(=O)=O)C4)CC[C@@]3(C)[C@]4(C)CC[C@H]5C(C)(C)C(c6ccc(C(=O)O)cc6)=CC[C@]5(C)[C@H]4CC[C@]3(C)[C@@H]12. The van der Waals surface area contributed by atoms with Crippen LogP contribution in [0.2, 0.25) is 0 Å². The lowest BCUT2D eigenvalue weighted by Crippen LogP contribution is -2.71. The molecule has 8 rings (SSSR count). The fourth-order valence-corrected chi connectivity index (χ4v) is 16.8. The third kappa shape index (κ3) is 5.41. The predicted octanol–water partition coefficient (Wildman–Crippen LogP) is 8.74. The molecular weight excluding hydrogens is 691 g/mol. The number of hydrogen-bond donors (Lipinski definition) is 2. The van der Waals surface area contributed by atoms with Gasteiger partial charge in [-0.1, -0.05) is 71.9 Å². The van der Waals surface area contributed by atoms with Crippen LogP contribution in [0, 0.1) is 56.2 Å². The highest BCUT2D eigenvalue weighted by molar-refractivity contribution is 7.88. The number of fused-ring (bicyclic) bond motifs is 7. The minimum atomic E-state index is -3.09. The van der Waals surface area contributed by atoms with Crippen LogP contribution < -0.4 is 5.32 Å². The van der Waals surface area contributed by atoms with E-state index in [4.69, 9.17) is 0 Å². The molecule has 0 bridgehead atoms. The molecule has 0 unspecified atom stereocenters. The van der Waals surface area contributed by atoms with Crippen molar-refractivity contribution in [3.63, 3.8) is 0 Å². The molecule has 0 amide bonds. The van der Waals surface area contributed by atoms with Crippen LogP contribution in [0.15, 0.2) is 42.5 Å². The summed E-state index contributed by atoms with van der Waals surface area (Å²) in [5, 5.41) is 13.9. The van der Waals surface area contributed by atoms with Gasteiger partial charge in [-0.3, -0.25) is 0 Å². The highest BCUT2D eigenvalue weighted by Crippen LogP contribution is 2.80. The summed E-state index contributed by atoms with van der Waals surface area (Å²) in [6, 6.07) is 7.61. The summed E-state index contributed by atoms with van der Waals surface area (Å²) in [6.45, 7) is 28.3. The highest BCUT2D eigenvalue weighted by atomic mass is 32.2. The van der Waals surface area contributed by atoms with Crippen molar-refractivity contribution in [3.05, 3.63) is 53.6 Å². The van der Waals surface area contributed by atoms with Crippen LogP contribution in [0.25, 0.3) is 5.57 Å². The maximum Gasteiger partial charge on any atom is 0.335 e. The quantitative estimate of drug-likeness (QED) is 0.258. The van der Waals surface area contributed by atoms with E-state index < -0.39 is 16.0 Å². The van der Waals surface area contributed by atoms with Gasteiger partial charge in [-0.15, -0.1) is 0 Å². The molecular formula is C46H69N3O4S. The predicted molar refractivity (Wildman–Crippen MR) is 219 cm³/mol. The molecule has 1 aromatic carbocycles. The van der Waals surface area contributed by atoms with Crippen molar-refractivity contribution >= 4 is 21.6 Å². The number of rotatable bonds is 8. The Kier molecular flexibility index (Phi) is 8.99. The third-order valence-corrected chi connectivity index (χ3v) is 19.9. The summed E-state index contributed by atoms with van der Waals surface area (Å²) in [7, 11) is -3.09. The first-order chi connectivity index (χ1) is 25.1. The Balaban J connectivity index is 1.03. The van der Waals surface area contributed by atoms with E-state index in [1.165, 1.54) is 74.3 Å². The van der Waals surface area contributed by atoms with Gasteiger partial charge in [0.1, 0.15) is 0 Å². The van der Waals surface area contributed by atoms with Gasteiger partial charge in [0.05, 0.1) is 11.8 Å². The monoisotopic (exact) mass is 760 g/mol. The van der Waals surface area contributed by atoms with E-state index in [1.54, 1.807) is 16.4 Å². The van der Waals surface area contributed by atoms with E-state index in [0.29, 0.717) is 42.3 Å². The Morgan fingerprint density at radius 2 is 1.56 bits per heavy atom. The maximum atomic E-state index is 12.1. The lowest BCUT2D eigenvalue weighted by atomic mass is 9.29. The molecule has 0 radical (unpaired) electrons. The van der Waals surface area contributed by atoms with Crippen LogP contribution >= 0.6 is 0 Å². The summed E-state index contributed by atoms with van der Waals surface area (Å²) in [5.41, 5.74) is 5.51. The first-order valence-electron chi connectivity index (χ1n) is 21.3. The van der Waals surface area contributed by atoms with Crippen LogP contribution in [-0.4, -0.2) is 79.8 Å². The number of likely N-dealkylation sites (tertiary alicyclic amines) is 1. The van der Waals surface area contributed by atoms with Gasteiger partial charge in [0.2, 0.25) is 10.0 Å². The molecule has 2 heterocycles. The summed E-state index contributed by atoms with van der Waals surface area (Å²) in [4.78, 5) is 14.2. The van der Waals surface area contributed by atoms with Gasteiger partial charge in [0, 0.05) is 43.7 Å². The van der Waals surface area contributed by atoms with E-state index in [0.717, 1.165) is 39.0 Å². The van der Waals surface area contributed by atoms with Crippen molar-refractivity contribution in [2.45, 2.75) is 118 Å². The molecule has 9 atom stereocenters. The second kappa shape index (κ2) is 12.5. The Morgan fingerprint density at radius 1 is 0.889 bits per heavy atom. The van der Waals surface area contributed by atoms with Gasteiger partial charge in [-0.05, 0) is 152 Å². The smallest absolute Gasteiger partial charge is 0.335 e. The van der Waals surface area contributed by atoms with E-state index in [2.05, 4.69) is 71.3 Å². The zero-order chi connectivity index (χ0) is 38.9. The van der Waals surface area contributed by atoms with Crippen molar-refractivity contribution in [2.75, 3.05) is 45.5 Å². The van der Waals surface area contributed by atoms with Crippen molar-refractivity contribution in [3.8, 4) is 0 Å². The minimum absolute atomic E-state index is 0.00354. The number of carboxylic acids is 1. The molecule has 8 heteroatoms. The van der Waals surface area contributed by atoms with Gasteiger partial charge in [-0.25, -0.2) is 17.5 Å². The first kappa shape index (κ1) is 38.9. The Morgan fingerprint density at radius 3 is 2.20 bits per heavy atom. The Hall–Kier alpha value is -2.00. The molecule has 1 spiro atoms. The second-order valence-corrected chi connectivity index (χ2v) is 23.4. The highest BCUT2D eigenvalue weighted by Gasteiger charge is 2.74. The molecule has 2 saturated heterocycles. The van der Waals surface area contributed by atoms with Crippen LogP contribution in [0.3, 0.4) is 0 Å². The number of nitrogens with zero attached hydrogens (tertiary/aromatic N) is 2. The van der Waals surface area contributed by atoms with Crippen molar-refractivity contribution in [1.82, 2.24) is 14.5 Å². The van der Waals surface area contributed by atoms with Gasteiger partial charge in [-0.2, -0.15) is 0 Å². The standard InChI is InChI=1S/C46H69N3O4S/c1-31(2)34-14-21-46(47-25-27-48-26-24-45(28-48)29-49(30-45)54(9,52)53)23-22-44(8)42(6)19-16-36-40(3,4)35(32-10-12-33(13-11-32)39(50)51)15-18-41(36,5)37(42)17-20-43(44,7)38(34)46/h10-13,15,34,36-38,47H,1,14,16-30H2,2-9H3,(H,50,51)/t34-,36-,37+,38+,41-,42+,43+,44-,46-/m0/s1. The van der Waals surface area contributed by atoms with E-state index in [9.17, 15) is 18.3 Å². The van der Waals surface area contributed by atoms with Crippen LogP contribution in [0.5, 0.6) is 0 Å². The largest absolute Gasteiger partial charge is 0.478 e. The van der Waals surface area contributed by atoms with Crippen LogP contribution in [0.1, 0.15) is 129 Å². The molecule has 4 saturated carbocycles. The molecule has 7 nitrogen and oxygen atoms in total. The average molecular weight is 760 g/mol. The number of carbonyl (C=O) groups is 1. The number of nitrogens with one attached hydrogen (secondary N) is 1. The van der Waals surface area contributed by atoms with Crippen LogP contribution in [-0.2, 0) is 10.0 Å². The zero-order valence-electron chi connectivity index (χ0n) is 34.7. The summed E-state index contributed by atoms with van der Waals surface area (Å²) in [5.74, 6) is 1.49. The van der Waals surface area contributed by atoms with Gasteiger partial charge in [0.15, 0.2) is 0 Å². The van der Waals surface area contributed by atoms with Crippen molar-refractivity contribution < 1.29 is 18.3 Å². The minimum Gasteiger partial charge on any atom is -0.478 e. The lowest BCUT2D eigenvalue weighted by Gasteiger charge is -2.75. The van der Waals surface area contributed by atoms with Crippen molar-refractivity contribution in [1.29, 1.82) is 0 Å². The molecule has 1 aromatic rings. The van der Waals surface area contributed by atoms with Gasteiger partial charge >= 0.3 is 5.97 Å². The zero-order valence-corrected chi connectivity index (χ0v) is 35.5. The second-order valence-electron chi connectivity index (χ2n) is 21.4. The van der Waals surface area contributed by atoms with Gasteiger partial charge < -0.3 is 15.3 Å². The van der Waals surface area contributed by atoms with E-state index in [-0.39, 0.29) is 38.0 Å². The summed E-state index contributed by atoms with van der Waals surface area (Å²) < 4.78 is 25.8. The molecule has 298 valence electrons.